The quantitative estimate of drug-likeness (QED) is 0.651. The van der Waals surface area contributed by atoms with Crippen LogP contribution in [0.5, 0.6) is 5.75 Å². The highest BCUT2D eigenvalue weighted by Crippen LogP contribution is 2.25. The smallest absolute Gasteiger partial charge is 0.246 e. The highest BCUT2D eigenvalue weighted by molar-refractivity contribution is 5.95. The first-order valence-electron chi connectivity index (χ1n) is 9.01. The maximum absolute atomic E-state index is 13.5. The van der Waals surface area contributed by atoms with Crippen LogP contribution in [0.15, 0.2) is 78.9 Å². The Hall–Kier alpha value is -3.18. The molecule has 4 nitrogen and oxygen atoms in total. The summed E-state index contributed by atoms with van der Waals surface area (Å²) in [6, 6.07) is 22.7. The van der Waals surface area contributed by atoms with Gasteiger partial charge in [-0.25, -0.2) is 4.39 Å². The molecule has 0 fully saturated rings. The third-order valence-electron chi connectivity index (χ3n) is 4.46. The van der Waals surface area contributed by atoms with E-state index in [9.17, 15) is 9.18 Å². The molecular formula is C23H23FN2O2. The Kier molecular flexibility index (Phi) is 6.40. The second kappa shape index (κ2) is 9.15. The number of amides is 1. The third-order valence-corrected chi connectivity index (χ3v) is 4.46. The minimum Gasteiger partial charge on any atom is -0.497 e. The molecule has 3 rings (SSSR count). The number of benzene rings is 3. The zero-order chi connectivity index (χ0) is 19.9. The van der Waals surface area contributed by atoms with Crippen LogP contribution >= 0.6 is 0 Å². The Balaban J connectivity index is 1.85. The Morgan fingerprint density at radius 2 is 1.79 bits per heavy atom. The van der Waals surface area contributed by atoms with Gasteiger partial charge < -0.3 is 10.1 Å². The summed E-state index contributed by atoms with van der Waals surface area (Å²) in [6.07, 6.45) is 0. The fourth-order valence-electron chi connectivity index (χ4n) is 3.17. The molecule has 144 valence electrons. The highest BCUT2D eigenvalue weighted by atomic mass is 19.1. The van der Waals surface area contributed by atoms with Gasteiger partial charge in [-0.05, 0) is 42.4 Å². The number of carbonyl (C=O) groups excluding carboxylic acids is 1. The Morgan fingerprint density at radius 3 is 2.50 bits per heavy atom. The molecule has 3 aromatic carbocycles. The molecule has 0 saturated heterocycles. The molecule has 1 amide bonds. The van der Waals surface area contributed by atoms with Crippen molar-refractivity contribution in [3.05, 3.63) is 95.8 Å². The summed E-state index contributed by atoms with van der Waals surface area (Å²) in [4.78, 5) is 15.0. The average Bonchev–Trinajstić information content (AvgIpc) is 2.69. The van der Waals surface area contributed by atoms with Gasteiger partial charge in [-0.1, -0.05) is 48.5 Å². The van der Waals surface area contributed by atoms with Crippen molar-refractivity contribution in [3.63, 3.8) is 0 Å². The molecule has 0 radical (unpaired) electrons. The van der Waals surface area contributed by atoms with Gasteiger partial charge in [0.05, 0.1) is 7.11 Å². The molecule has 0 aliphatic carbocycles. The van der Waals surface area contributed by atoms with Crippen LogP contribution in [-0.4, -0.2) is 25.0 Å². The maximum Gasteiger partial charge on any atom is 0.246 e. The van der Waals surface area contributed by atoms with E-state index in [-0.39, 0.29) is 11.7 Å². The van der Waals surface area contributed by atoms with Gasteiger partial charge in [0.25, 0.3) is 0 Å². The number of methoxy groups -OCH3 is 1. The van der Waals surface area contributed by atoms with Crippen molar-refractivity contribution in [2.75, 3.05) is 19.5 Å². The first-order chi connectivity index (χ1) is 13.6. The van der Waals surface area contributed by atoms with E-state index in [1.165, 1.54) is 12.1 Å². The van der Waals surface area contributed by atoms with E-state index in [2.05, 4.69) is 5.32 Å². The largest absolute Gasteiger partial charge is 0.497 e. The summed E-state index contributed by atoms with van der Waals surface area (Å²) in [6.45, 7) is 0.433. The van der Waals surface area contributed by atoms with Crippen molar-refractivity contribution in [2.45, 2.75) is 12.6 Å². The van der Waals surface area contributed by atoms with Crippen molar-refractivity contribution in [3.8, 4) is 5.75 Å². The van der Waals surface area contributed by atoms with E-state index in [0.29, 0.717) is 18.0 Å². The fraction of sp³-hybridized carbons (Fsp3) is 0.174. The normalized spacial score (nSPS) is 11.9. The molecule has 0 unspecified atom stereocenters. The van der Waals surface area contributed by atoms with Crippen molar-refractivity contribution in [1.82, 2.24) is 4.90 Å². The van der Waals surface area contributed by atoms with Crippen LogP contribution in [-0.2, 0) is 11.3 Å². The predicted octanol–water partition coefficient (Wildman–Crippen LogP) is 4.65. The number of ether oxygens (including phenoxy) is 1. The molecule has 0 aliphatic heterocycles. The van der Waals surface area contributed by atoms with Crippen LogP contribution in [0.3, 0.4) is 0 Å². The Morgan fingerprint density at radius 1 is 1.04 bits per heavy atom. The van der Waals surface area contributed by atoms with Gasteiger partial charge >= 0.3 is 0 Å². The maximum atomic E-state index is 13.5. The molecule has 28 heavy (non-hydrogen) atoms. The molecule has 3 aromatic rings. The van der Waals surface area contributed by atoms with Crippen molar-refractivity contribution < 1.29 is 13.9 Å². The molecule has 0 aromatic heterocycles. The van der Waals surface area contributed by atoms with Gasteiger partial charge in [0.2, 0.25) is 5.91 Å². The topological polar surface area (TPSA) is 41.6 Å². The number of hydrogen-bond acceptors (Lipinski definition) is 3. The number of nitrogens with zero attached hydrogens (tertiary/aromatic N) is 1. The van der Waals surface area contributed by atoms with Gasteiger partial charge in [-0.2, -0.15) is 0 Å². The summed E-state index contributed by atoms with van der Waals surface area (Å²) in [5.74, 6) is 0.212. The van der Waals surface area contributed by atoms with Gasteiger partial charge in [0, 0.05) is 18.3 Å². The lowest BCUT2D eigenvalue weighted by atomic mass is 10.0. The summed E-state index contributed by atoms with van der Waals surface area (Å²) in [7, 11) is 3.44. The molecular weight excluding hydrogens is 355 g/mol. The minimum atomic E-state index is -0.532. The standard InChI is InChI=1S/C23H23FN2O2/c1-26(16-17-8-6-11-19(24)14-17)22(18-9-4-3-5-10-18)23(27)25-20-12-7-13-21(15-20)28-2/h3-15,22H,16H2,1-2H3,(H,25,27)/t22-/m0/s1. The molecule has 0 bridgehead atoms. The first-order valence-corrected chi connectivity index (χ1v) is 9.01. The lowest BCUT2D eigenvalue weighted by molar-refractivity contribution is -0.121. The van der Waals surface area contributed by atoms with Gasteiger partial charge in [0.15, 0.2) is 0 Å². The van der Waals surface area contributed by atoms with Crippen LogP contribution in [0.25, 0.3) is 0 Å². The highest BCUT2D eigenvalue weighted by Gasteiger charge is 2.25. The van der Waals surface area contributed by atoms with Crippen LogP contribution in [0, 0.1) is 5.82 Å². The fourth-order valence-corrected chi connectivity index (χ4v) is 3.17. The van der Waals surface area contributed by atoms with E-state index in [1.54, 1.807) is 19.2 Å². The number of nitrogens with one attached hydrogen (secondary N) is 1. The van der Waals surface area contributed by atoms with E-state index < -0.39 is 6.04 Å². The molecule has 1 N–H and O–H groups in total. The number of likely N-dealkylation sites (N-methyl/N-ethyl adjacent to an activating group) is 1. The summed E-state index contributed by atoms with van der Waals surface area (Å²) in [5.41, 5.74) is 2.32. The van der Waals surface area contributed by atoms with Crippen molar-refractivity contribution in [2.24, 2.45) is 0 Å². The Bertz CT molecular complexity index is 931. The van der Waals surface area contributed by atoms with Crippen LogP contribution in [0.4, 0.5) is 10.1 Å². The summed E-state index contributed by atoms with van der Waals surface area (Å²) in [5, 5.41) is 2.96. The number of halogens is 1. The zero-order valence-corrected chi connectivity index (χ0v) is 15.9. The second-order valence-corrected chi connectivity index (χ2v) is 6.58. The number of carbonyl (C=O) groups is 1. The van der Waals surface area contributed by atoms with Gasteiger partial charge in [-0.15, -0.1) is 0 Å². The monoisotopic (exact) mass is 378 g/mol. The van der Waals surface area contributed by atoms with Crippen LogP contribution in [0.2, 0.25) is 0 Å². The van der Waals surface area contributed by atoms with Gasteiger partial charge in [-0.3, -0.25) is 9.69 Å². The molecule has 1 atom stereocenters. The molecule has 0 aliphatic rings. The Labute approximate surface area is 164 Å². The number of hydrogen-bond donors (Lipinski definition) is 1. The minimum absolute atomic E-state index is 0.168. The van der Waals surface area contributed by atoms with E-state index in [1.807, 2.05) is 66.5 Å². The van der Waals surface area contributed by atoms with Crippen LogP contribution in [0.1, 0.15) is 17.2 Å². The van der Waals surface area contributed by atoms with E-state index in [0.717, 1.165) is 11.1 Å². The van der Waals surface area contributed by atoms with E-state index in [4.69, 9.17) is 4.74 Å². The summed E-state index contributed by atoms with van der Waals surface area (Å²) < 4.78 is 18.8. The van der Waals surface area contributed by atoms with Gasteiger partial charge in [0.1, 0.15) is 17.6 Å². The lowest BCUT2D eigenvalue weighted by Crippen LogP contribution is -2.34. The third kappa shape index (κ3) is 4.96. The first kappa shape index (κ1) is 19.6. The average molecular weight is 378 g/mol. The van der Waals surface area contributed by atoms with Crippen molar-refractivity contribution >= 4 is 11.6 Å². The molecule has 0 saturated carbocycles. The second-order valence-electron chi connectivity index (χ2n) is 6.58. The van der Waals surface area contributed by atoms with Crippen LogP contribution < -0.4 is 10.1 Å². The lowest BCUT2D eigenvalue weighted by Gasteiger charge is -2.27. The molecule has 0 heterocycles. The SMILES string of the molecule is COc1cccc(NC(=O)[C@H](c2ccccc2)N(C)Cc2cccc(F)c2)c1. The summed E-state index contributed by atoms with van der Waals surface area (Å²) >= 11 is 0. The molecule has 0 spiro atoms. The molecule has 5 heteroatoms. The van der Waals surface area contributed by atoms with Crippen molar-refractivity contribution in [1.29, 1.82) is 0 Å². The number of anilines is 1. The van der Waals surface area contributed by atoms with E-state index >= 15 is 0 Å². The predicted molar refractivity (Wildman–Crippen MR) is 109 cm³/mol. The zero-order valence-electron chi connectivity index (χ0n) is 15.9. The number of rotatable bonds is 7.